The molecule has 23 heavy (non-hydrogen) atoms. The van der Waals surface area contributed by atoms with E-state index in [0.717, 1.165) is 37.6 Å². The Balaban J connectivity index is 1.46. The summed E-state index contributed by atoms with van der Waals surface area (Å²) in [4.78, 5) is 11.1. The molecule has 0 unspecified atom stereocenters. The molecule has 7 heteroatoms. The highest BCUT2D eigenvalue weighted by molar-refractivity contribution is 5.53. The maximum absolute atomic E-state index is 9.37. The maximum Gasteiger partial charge on any atom is 0.227 e. The van der Waals surface area contributed by atoms with Crippen molar-refractivity contribution in [1.82, 2.24) is 20.2 Å². The monoisotopic (exact) mass is 314 g/mol. The van der Waals surface area contributed by atoms with Gasteiger partial charge in [-0.1, -0.05) is 0 Å². The van der Waals surface area contributed by atoms with Gasteiger partial charge in [0.25, 0.3) is 0 Å². The Kier molecular flexibility index (Phi) is 3.87. The first-order valence-electron chi connectivity index (χ1n) is 8.33. The van der Waals surface area contributed by atoms with Crippen molar-refractivity contribution in [1.29, 1.82) is 0 Å². The quantitative estimate of drug-likeness (QED) is 0.782. The summed E-state index contributed by atoms with van der Waals surface area (Å²) in [6.45, 7) is 1.98. The summed E-state index contributed by atoms with van der Waals surface area (Å²) < 4.78 is 0. The first-order chi connectivity index (χ1) is 11.3. The molecule has 0 spiro atoms. The SMILES string of the molecule is OC[C@H]1CCCN(c2nccc(Nc3cc(C4CC4)[nH]n3)n2)C1. The van der Waals surface area contributed by atoms with Gasteiger partial charge in [-0.25, -0.2) is 4.98 Å². The van der Waals surface area contributed by atoms with Crippen LogP contribution in [0.1, 0.15) is 37.3 Å². The molecule has 7 nitrogen and oxygen atoms in total. The van der Waals surface area contributed by atoms with Crippen molar-refractivity contribution >= 4 is 17.6 Å². The average Bonchev–Trinajstić information content (AvgIpc) is 3.35. The molecule has 1 aliphatic heterocycles. The van der Waals surface area contributed by atoms with Gasteiger partial charge in [-0.15, -0.1) is 0 Å². The highest BCUT2D eigenvalue weighted by atomic mass is 16.3. The van der Waals surface area contributed by atoms with E-state index in [2.05, 4.69) is 36.4 Å². The number of aromatic nitrogens is 4. The number of rotatable bonds is 5. The van der Waals surface area contributed by atoms with Crippen molar-refractivity contribution in [3.8, 4) is 0 Å². The fourth-order valence-corrected chi connectivity index (χ4v) is 3.10. The summed E-state index contributed by atoms with van der Waals surface area (Å²) >= 11 is 0. The predicted octanol–water partition coefficient (Wildman–Crippen LogP) is 2.03. The van der Waals surface area contributed by atoms with Crippen molar-refractivity contribution in [2.45, 2.75) is 31.6 Å². The lowest BCUT2D eigenvalue weighted by Crippen LogP contribution is -2.37. The minimum Gasteiger partial charge on any atom is -0.396 e. The zero-order chi connectivity index (χ0) is 15.6. The lowest BCUT2D eigenvalue weighted by molar-refractivity contribution is 0.208. The molecule has 1 saturated carbocycles. The van der Waals surface area contributed by atoms with Crippen LogP contribution in [0.3, 0.4) is 0 Å². The van der Waals surface area contributed by atoms with Crippen molar-refractivity contribution < 1.29 is 5.11 Å². The highest BCUT2D eigenvalue weighted by Crippen LogP contribution is 2.39. The number of nitrogens with zero attached hydrogens (tertiary/aromatic N) is 4. The van der Waals surface area contributed by atoms with E-state index < -0.39 is 0 Å². The zero-order valence-electron chi connectivity index (χ0n) is 13.1. The summed E-state index contributed by atoms with van der Waals surface area (Å²) in [5, 5.41) is 20.0. The fraction of sp³-hybridized carbons (Fsp3) is 0.562. The third-order valence-corrected chi connectivity index (χ3v) is 4.57. The van der Waals surface area contributed by atoms with E-state index in [-0.39, 0.29) is 6.61 Å². The minimum atomic E-state index is 0.228. The van der Waals surface area contributed by atoms with Gasteiger partial charge in [0.05, 0.1) is 0 Å². The number of anilines is 3. The number of aromatic amines is 1. The van der Waals surface area contributed by atoms with Crippen LogP contribution in [0.25, 0.3) is 0 Å². The topological polar surface area (TPSA) is 90.0 Å². The van der Waals surface area contributed by atoms with Crippen molar-refractivity contribution in [3.05, 3.63) is 24.0 Å². The van der Waals surface area contributed by atoms with Crippen LogP contribution in [-0.4, -0.2) is 45.0 Å². The van der Waals surface area contributed by atoms with Gasteiger partial charge in [-0.3, -0.25) is 5.10 Å². The Hall–Kier alpha value is -2.15. The number of H-pyrrole nitrogens is 1. The molecular formula is C16H22N6O. The van der Waals surface area contributed by atoms with Crippen LogP contribution in [0.2, 0.25) is 0 Å². The van der Waals surface area contributed by atoms with Crippen LogP contribution in [0.15, 0.2) is 18.3 Å². The fourth-order valence-electron chi connectivity index (χ4n) is 3.10. The van der Waals surface area contributed by atoms with E-state index in [4.69, 9.17) is 0 Å². The Morgan fingerprint density at radius 1 is 1.30 bits per heavy atom. The third-order valence-electron chi connectivity index (χ3n) is 4.57. The maximum atomic E-state index is 9.37. The Morgan fingerprint density at radius 2 is 2.22 bits per heavy atom. The van der Waals surface area contributed by atoms with Crippen LogP contribution in [-0.2, 0) is 0 Å². The molecular weight excluding hydrogens is 292 g/mol. The molecule has 0 amide bonds. The van der Waals surface area contributed by atoms with Gasteiger partial charge in [0, 0.05) is 43.6 Å². The van der Waals surface area contributed by atoms with Gasteiger partial charge in [0.15, 0.2) is 5.82 Å². The number of aliphatic hydroxyl groups excluding tert-OH is 1. The highest BCUT2D eigenvalue weighted by Gasteiger charge is 2.25. The van der Waals surface area contributed by atoms with Crippen molar-refractivity contribution in [2.75, 3.05) is 29.9 Å². The number of hydrogen-bond acceptors (Lipinski definition) is 6. The van der Waals surface area contributed by atoms with Crippen LogP contribution in [0.5, 0.6) is 0 Å². The number of aliphatic hydroxyl groups is 1. The summed E-state index contributed by atoms with van der Waals surface area (Å²) in [5.41, 5.74) is 1.20. The van der Waals surface area contributed by atoms with E-state index in [1.54, 1.807) is 6.20 Å². The lowest BCUT2D eigenvalue weighted by Gasteiger charge is -2.31. The third kappa shape index (κ3) is 3.29. The van der Waals surface area contributed by atoms with Crippen LogP contribution in [0, 0.1) is 5.92 Å². The molecule has 2 aliphatic rings. The second kappa shape index (κ2) is 6.16. The molecule has 2 aromatic heterocycles. The number of hydrogen-bond donors (Lipinski definition) is 3. The van der Waals surface area contributed by atoms with E-state index in [1.165, 1.54) is 18.5 Å². The number of nitrogens with one attached hydrogen (secondary N) is 2. The molecule has 4 rings (SSSR count). The number of piperidine rings is 1. The molecule has 1 aliphatic carbocycles. The minimum absolute atomic E-state index is 0.228. The molecule has 0 aromatic carbocycles. The molecule has 1 atom stereocenters. The molecule has 2 fully saturated rings. The molecule has 1 saturated heterocycles. The average molecular weight is 314 g/mol. The molecule has 0 radical (unpaired) electrons. The molecule has 2 aromatic rings. The first-order valence-corrected chi connectivity index (χ1v) is 8.33. The van der Waals surface area contributed by atoms with Gasteiger partial charge < -0.3 is 15.3 Å². The van der Waals surface area contributed by atoms with Gasteiger partial charge in [0.1, 0.15) is 5.82 Å². The first kappa shape index (κ1) is 14.4. The second-order valence-corrected chi connectivity index (χ2v) is 6.49. The Bertz CT molecular complexity index is 668. The van der Waals surface area contributed by atoms with Gasteiger partial charge in [-0.05, 0) is 37.7 Å². The Labute approximate surface area is 135 Å². The molecule has 3 N–H and O–H groups in total. The van der Waals surface area contributed by atoms with Crippen LogP contribution >= 0.6 is 0 Å². The summed E-state index contributed by atoms with van der Waals surface area (Å²) in [7, 11) is 0. The second-order valence-electron chi connectivity index (χ2n) is 6.49. The predicted molar refractivity (Wildman–Crippen MR) is 87.9 cm³/mol. The summed E-state index contributed by atoms with van der Waals surface area (Å²) in [6.07, 6.45) is 6.40. The van der Waals surface area contributed by atoms with Crippen LogP contribution in [0.4, 0.5) is 17.6 Å². The van der Waals surface area contributed by atoms with E-state index in [9.17, 15) is 5.11 Å². The van der Waals surface area contributed by atoms with Gasteiger partial charge in [-0.2, -0.15) is 10.1 Å². The molecule has 0 bridgehead atoms. The van der Waals surface area contributed by atoms with E-state index in [0.29, 0.717) is 17.8 Å². The largest absolute Gasteiger partial charge is 0.396 e. The summed E-state index contributed by atoms with van der Waals surface area (Å²) in [6, 6.07) is 3.91. The Morgan fingerprint density at radius 3 is 3.04 bits per heavy atom. The van der Waals surface area contributed by atoms with Gasteiger partial charge in [0.2, 0.25) is 5.95 Å². The van der Waals surface area contributed by atoms with Gasteiger partial charge >= 0.3 is 0 Å². The summed E-state index contributed by atoms with van der Waals surface area (Å²) in [5.74, 6) is 3.23. The van der Waals surface area contributed by atoms with Crippen molar-refractivity contribution in [3.63, 3.8) is 0 Å². The normalized spacial score (nSPS) is 21.4. The van der Waals surface area contributed by atoms with Crippen LogP contribution < -0.4 is 10.2 Å². The zero-order valence-corrected chi connectivity index (χ0v) is 13.1. The van der Waals surface area contributed by atoms with E-state index in [1.807, 2.05) is 6.07 Å². The molecule has 122 valence electrons. The standard InChI is InChI=1S/C16H22N6O/c23-10-11-2-1-7-22(9-11)16-17-6-5-14(19-16)18-15-8-13(20-21-15)12-3-4-12/h5-6,8,11-12,23H,1-4,7,9-10H2,(H2,17,18,19,20,21)/t11-/m0/s1. The lowest BCUT2D eigenvalue weighted by atomic mass is 9.99. The van der Waals surface area contributed by atoms with E-state index >= 15 is 0 Å². The smallest absolute Gasteiger partial charge is 0.227 e. The molecule has 3 heterocycles. The van der Waals surface area contributed by atoms with Crippen molar-refractivity contribution in [2.24, 2.45) is 5.92 Å².